The van der Waals surface area contributed by atoms with Crippen LogP contribution in [-0.4, -0.2) is 16.5 Å². The van der Waals surface area contributed by atoms with E-state index in [9.17, 15) is 0 Å². The lowest BCUT2D eigenvalue weighted by atomic mass is 10.1. The Morgan fingerprint density at radius 2 is 1.71 bits per heavy atom. The average molecular weight is 284 g/mol. The number of hydrogen-bond donors (Lipinski definition) is 2. The summed E-state index contributed by atoms with van der Waals surface area (Å²) in [4.78, 5) is 8.80. The Labute approximate surface area is 127 Å². The van der Waals surface area contributed by atoms with Crippen molar-refractivity contribution in [3.8, 4) is 0 Å². The first-order valence-electron chi connectivity index (χ1n) is 7.72. The molecule has 2 rings (SSSR count). The number of nitrogens with one attached hydrogen (secondary N) is 2. The first kappa shape index (κ1) is 15.3. The normalized spacial score (nSPS) is 10.4. The minimum absolute atomic E-state index is 0.892. The maximum atomic E-state index is 4.43. The highest BCUT2D eigenvalue weighted by Crippen LogP contribution is 2.26. The molecule has 0 fully saturated rings. The average Bonchev–Trinajstić information content (AvgIpc) is 2.53. The second kappa shape index (κ2) is 7.62. The zero-order valence-corrected chi connectivity index (χ0v) is 13.1. The van der Waals surface area contributed by atoms with E-state index < -0.39 is 0 Å². The van der Waals surface area contributed by atoms with Crippen molar-refractivity contribution < 1.29 is 0 Å². The third-order valence-corrected chi connectivity index (χ3v) is 3.49. The van der Waals surface area contributed by atoms with Crippen LogP contribution in [0.4, 0.5) is 17.3 Å². The lowest BCUT2D eigenvalue weighted by molar-refractivity contribution is 0.949. The van der Waals surface area contributed by atoms with Gasteiger partial charge in [0.15, 0.2) is 0 Å². The number of benzene rings is 1. The van der Waals surface area contributed by atoms with Gasteiger partial charge in [-0.15, -0.1) is 0 Å². The van der Waals surface area contributed by atoms with E-state index in [1.165, 1.54) is 5.56 Å². The van der Waals surface area contributed by atoms with Gasteiger partial charge in [-0.2, -0.15) is 0 Å². The number of aromatic nitrogens is 2. The highest BCUT2D eigenvalue weighted by atomic mass is 15.1. The van der Waals surface area contributed by atoms with E-state index in [4.69, 9.17) is 0 Å². The molecule has 0 saturated carbocycles. The van der Waals surface area contributed by atoms with E-state index in [1.807, 2.05) is 6.07 Å². The van der Waals surface area contributed by atoms with Crippen LogP contribution in [0.25, 0.3) is 0 Å². The molecular weight excluding hydrogens is 260 g/mol. The molecule has 0 unspecified atom stereocenters. The molecule has 1 aromatic carbocycles. The van der Waals surface area contributed by atoms with Crippen LogP contribution in [0.2, 0.25) is 0 Å². The summed E-state index contributed by atoms with van der Waals surface area (Å²) in [6.45, 7) is 7.37. The Morgan fingerprint density at radius 1 is 0.952 bits per heavy atom. The Bertz CT molecular complexity index is 581. The van der Waals surface area contributed by atoms with Gasteiger partial charge in [-0.25, -0.2) is 9.97 Å². The van der Waals surface area contributed by atoms with Gasteiger partial charge in [-0.05, 0) is 30.9 Å². The molecule has 0 saturated heterocycles. The van der Waals surface area contributed by atoms with Crippen molar-refractivity contribution in [3.63, 3.8) is 0 Å². The van der Waals surface area contributed by atoms with Crippen LogP contribution in [0, 0.1) is 0 Å². The monoisotopic (exact) mass is 284 g/mol. The molecule has 0 amide bonds. The lowest BCUT2D eigenvalue weighted by Crippen LogP contribution is -2.09. The Morgan fingerprint density at radius 3 is 2.43 bits per heavy atom. The zero-order valence-electron chi connectivity index (χ0n) is 13.1. The van der Waals surface area contributed by atoms with Crippen molar-refractivity contribution in [2.24, 2.45) is 0 Å². The van der Waals surface area contributed by atoms with Gasteiger partial charge in [0, 0.05) is 17.8 Å². The summed E-state index contributed by atoms with van der Waals surface area (Å²) in [5, 5.41) is 6.85. The predicted molar refractivity (Wildman–Crippen MR) is 89.3 cm³/mol. The molecule has 4 nitrogen and oxygen atoms in total. The van der Waals surface area contributed by atoms with Gasteiger partial charge in [0.25, 0.3) is 0 Å². The number of anilines is 3. The second-order valence-corrected chi connectivity index (χ2v) is 4.97. The van der Waals surface area contributed by atoms with Gasteiger partial charge < -0.3 is 10.6 Å². The van der Waals surface area contributed by atoms with E-state index in [0.717, 1.165) is 48.7 Å². The van der Waals surface area contributed by atoms with Crippen LogP contribution < -0.4 is 10.6 Å². The molecule has 21 heavy (non-hydrogen) atoms. The molecular formula is C17H24N4. The van der Waals surface area contributed by atoms with E-state index in [-0.39, 0.29) is 0 Å². The first-order valence-corrected chi connectivity index (χ1v) is 7.72. The van der Waals surface area contributed by atoms with Crippen molar-refractivity contribution in [1.29, 1.82) is 0 Å². The SMILES string of the molecule is CCCNc1ncnc(Nc2ccccc2CC)c1CC. The van der Waals surface area contributed by atoms with Crippen molar-refractivity contribution in [1.82, 2.24) is 9.97 Å². The summed E-state index contributed by atoms with van der Waals surface area (Å²) in [6, 6.07) is 8.36. The summed E-state index contributed by atoms with van der Waals surface area (Å²) >= 11 is 0. The fourth-order valence-electron chi connectivity index (χ4n) is 2.33. The smallest absolute Gasteiger partial charge is 0.139 e. The number of rotatable bonds is 7. The summed E-state index contributed by atoms with van der Waals surface area (Å²) < 4.78 is 0. The quantitative estimate of drug-likeness (QED) is 0.801. The molecule has 0 aliphatic carbocycles. The van der Waals surface area contributed by atoms with Crippen LogP contribution in [0.15, 0.2) is 30.6 Å². The van der Waals surface area contributed by atoms with Gasteiger partial charge >= 0.3 is 0 Å². The van der Waals surface area contributed by atoms with Crippen LogP contribution in [-0.2, 0) is 12.8 Å². The van der Waals surface area contributed by atoms with E-state index in [1.54, 1.807) is 6.33 Å². The minimum atomic E-state index is 0.892. The summed E-state index contributed by atoms with van der Waals surface area (Å²) in [5.41, 5.74) is 3.55. The Hall–Kier alpha value is -2.10. The molecule has 4 heteroatoms. The van der Waals surface area contributed by atoms with Crippen LogP contribution in [0.3, 0.4) is 0 Å². The summed E-state index contributed by atoms with van der Waals surface area (Å²) in [7, 11) is 0. The lowest BCUT2D eigenvalue weighted by Gasteiger charge is -2.15. The van der Waals surface area contributed by atoms with Crippen LogP contribution in [0.5, 0.6) is 0 Å². The fraction of sp³-hybridized carbons (Fsp3) is 0.412. The van der Waals surface area contributed by atoms with E-state index in [0.29, 0.717) is 0 Å². The largest absolute Gasteiger partial charge is 0.370 e. The molecule has 1 aromatic heterocycles. The Balaban J connectivity index is 2.31. The van der Waals surface area contributed by atoms with E-state index in [2.05, 4.69) is 59.6 Å². The number of para-hydroxylation sites is 1. The number of nitrogens with zero attached hydrogens (tertiary/aromatic N) is 2. The summed E-state index contributed by atoms with van der Waals surface area (Å²) in [6.07, 6.45) is 4.59. The van der Waals surface area contributed by atoms with Gasteiger partial charge in [0.05, 0.1) is 0 Å². The highest BCUT2D eigenvalue weighted by molar-refractivity contribution is 5.67. The third-order valence-electron chi connectivity index (χ3n) is 3.49. The maximum Gasteiger partial charge on any atom is 0.139 e. The van der Waals surface area contributed by atoms with Crippen molar-refractivity contribution in [3.05, 3.63) is 41.7 Å². The number of aryl methyl sites for hydroxylation is 1. The molecule has 2 N–H and O–H groups in total. The Kier molecular flexibility index (Phi) is 5.55. The first-order chi connectivity index (χ1) is 10.3. The molecule has 0 aliphatic heterocycles. The third kappa shape index (κ3) is 3.72. The van der Waals surface area contributed by atoms with Crippen LogP contribution >= 0.6 is 0 Å². The minimum Gasteiger partial charge on any atom is -0.370 e. The van der Waals surface area contributed by atoms with Crippen LogP contribution in [0.1, 0.15) is 38.3 Å². The molecule has 0 atom stereocenters. The van der Waals surface area contributed by atoms with Gasteiger partial charge in [-0.1, -0.05) is 39.0 Å². The van der Waals surface area contributed by atoms with Crippen molar-refractivity contribution >= 4 is 17.3 Å². The molecule has 1 heterocycles. The molecule has 112 valence electrons. The highest BCUT2D eigenvalue weighted by Gasteiger charge is 2.10. The van der Waals surface area contributed by atoms with Gasteiger partial charge in [0.1, 0.15) is 18.0 Å². The molecule has 0 spiro atoms. The predicted octanol–water partition coefficient (Wildman–Crippen LogP) is 4.17. The maximum absolute atomic E-state index is 4.43. The zero-order chi connectivity index (χ0) is 15.1. The molecule has 0 bridgehead atoms. The van der Waals surface area contributed by atoms with Crippen molar-refractivity contribution in [2.75, 3.05) is 17.2 Å². The van der Waals surface area contributed by atoms with Gasteiger partial charge in [0.2, 0.25) is 0 Å². The molecule has 0 aliphatic rings. The molecule has 0 radical (unpaired) electrons. The van der Waals surface area contributed by atoms with Gasteiger partial charge in [-0.3, -0.25) is 0 Å². The second-order valence-electron chi connectivity index (χ2n) is 4.97. The number of hydrogen-bond acceptors (Lipinski definition) is 4. The summed E-state index contributed by atoms with van der Waals surface area (Å²) in [5.74, 6) is 1.83. The molecule has 2 aromatic rings. The van der Waals surface area contributed by atoms with E-state index >= 15 is 0 Å². The van der Waals surface area contributed by atoms with Crippen molar-refractivity contribution in [2.45, 2.75) is 40.0 Å². The standard InChI is InChI=1S/C17H24N4/c1-4-11-18-16-14(6-3)17(20-12-19-16)21-15-10-8-7-9-13(15)5-2/h7-10,12H,4-6,11H2,1-3H3,(H2,18,19,20,21). The fourth-order valence-corrected chi connectivity index (χ4v) is 2.33. The topological polar surface area (TPSA) is 49.8 Å².